The van der Waals surface area contributed by atoms with Crippen molar-refractivity contribution >= 4 is 17.0 Å². The molecule has 1 saturated heterocycles. The Bertz CT molecular complexity index is 1400. The van der Waals surface area contributed by atoms with Crippen LogP contribution in [0.1, 0.15) is 55.5 Å². The van der Waals surface area contributed by atoms with Crippen LogP contribution in [-0.2, 0) is 11.3 Å². The van der Waals surface area contributed by atoms with E-state index >= 15 is 0 Å². The molecule has 4 rings (SSSR count). The lowest BCUT2D eigenvalue weighted by atomic mass is 10.00. The lowest BCUT2D eigenvalue weighted by Crippen LogP contribution is -2.39. The first-order chi connectivity index (χ1) is 18.8. The molecule has 214 valence electrons. The second-order valence-corrected chi connectivity index (χ2v) is 11.2. The van der Waals surface area contributed by atoms with Gasteiger partial charge in [-0.05, 0) is 76.1 Å². The highest BCUT2D eigenvalue weighted by atomic mass is 19.4. The Morgan fingerprint density at radius 2 is 1.82 bits per heavy atom. The third kappa shape index (κ3) is 6.77. The predicted octanol–water partition coefficient (Wildman–Crippen LogP) is 6.42. The van der Waals surface area contributed by atoms with Gasteiger partial charge in [0.05, 0.1) is 30.8 Å². The summed E-state index contributed by atoms with van der Waals surface area (Å²) in [5, 5.41) is 10.1. The normalized spacial score (nSPS) is 17.4. The summed E-state index contributed by atoms with van der Waals surface area (Å²) in [4.78, 5) is 16.6. The number of alkyl halides is 3. The third-order valence-electron chi connectivity index (χ3n) is 7.02. The van der Waals surface area contributed by atoms with Crippen LogP contribution in [0, 0.1) is 18.3 Å². The molecule has 0 saturated carbocycles. The van der Waals surface area contributed by atoms with Crippen LogP contribution in [0.25, 0.3) is 10.9 Å². The third-order valence-corrected chi connectivity index (χ3v) is 7.02. The van der Waals surface area contributed by atoms with Crippen LogP contribution in [0.5, 0.6) is 5.75 Å². The van der Waals surface area contributed by atoms with E-state index in [4.69, 9.17) is 9.47 Å². The molecule has 1 aromatic heterocycles. The van der Waals surface area contributed by atoms with Crippen LogP contribution in [0.2, 0.25) is 0 Å². The maximum absolute atomic E-state index is 13.4. The van der Waals surface area contributed by atoms with E-state index in [1.165, 1.54) is 9.47 Å². The molecular formula is C30H35F3N4O3. The van der Waals surface area contributed by atoms with Crippen molar-refractivity contribution < 1.29 is 27.4 Å². The molecule has 0 radical (unpaired) electrons. The number of aryl methyl sites for hydroxylation is 1. The maximum atomic E-state index is 13.4. The minimum atomic E-state index is -4.30. The van der Waals surface area contributed by atoms with Gasteiger partial charge in [0.2, 0.25) is 0 Å². The molecule has 1 unspecified atom stereocenters. The van der Waals surface area contributed by atoms with Gasteiger partial charge in [0.1, 0.15) is 11.4 Å². The molecule has 1 fully saturated rings. The summed E-state index contributed by atoms with van der Waals surface area (Å²) in [5.74, 6) is 0.641. The highest BCUT2D eigenvalue weighted by molar-refractivity contribution is 5.95. The fourth-order valence-electron chi connectivity index (χ4n) is 5.36. The number of ether oxygens (including phenoxy) is 2. The summed E-state index contributed by atoms with van der Waals surface area (Å²) >= 11 is 0. The van der Waals surface area contributed by atoms with Gasteiger partial charge < -0.3 is 9.47 Å². The molecule has 0 amide bonds. The van der Waals surface area contributed by atoms with Gasteiger partial charge in [-0.15, -0.1) is 0 Å². The standard InChI is InChI=1S/C30H35F3N4O3/c1-20-15-26(39-5)24(23-11-14-37(27(20)23)28(38)40-29(2,3)4)17-36-13-6-12-35(19-30(31,32)33)18-25(36)22-9-7-21(16-34)8-10-22/h7-11,14-15,25H,6,12-13,17-19H2,1-5H3. The number of hydrogen-bond donors (Lipinski definition) is 0. The maximum Gasteiger partial charge on any atom is 0.419 e. The molecule has 1 atom stereocenters. The predicted molar refractivity (Wildman–Crippen MR) is 146 cm³/mol. The summed E-state index contributed by atoms with van der Waals surface area (Å²) in [7, 11) is 1.58. The number of carbonyl (C=O) groups excluding carboxylic acids is 1. The molecule has 7 nitrogen and oxygen atoms in total. The Hall–Kier alpha value is -3.55. The van der Waals surface area contributed by atoms with Crippen molar-refractivity contribution in [1.82, 2.24) is 14.4 Å². The first-order valence-electron chi connectivity index (χ1n) is 13.2. The molecular weight excluding hydrogens is 521 g/mol. The van der Waals surface area contributed by atoms with Crippen LogP contribution in [-0.4, -0.2) is 65.5 Å². The fraction of sp³-hybridized carbons (Fsp3) is 0.467. The number of fused-ring (bicyclic) bond motifs is 1. The summed E-state index contributed by atoms with van der Waals surface area (Å²) in [5.41, 5.74) is 3.03. The highest BCUT2D eigenvalue weighted by Gasteiger charge is 2.35. The molecule has 1 aliphatic heterocycles. The second kappa shape index (κ2) is 11.5. The Kier molecular flexibility index (Phi) is 8.47. The quantitative estimate of drug-likeness (QED) is 0.361. The molecule has 2 aromatic carbocycles. The number of rotatable bonds is 5. The molecule has 1 aliphatic rings. The molecule has 0 bridgehead atoms. The first-order valence-corrected chi connectivity index (χ1v) is 13.2. The average molecular weight is 557 g/mol. The van der Waals surface area contributed by atoms with Crippen molar-refractivity contribution in [3.05, 3.63) is 64.8 Å². The van der Waals surface area contributed by atoms with Crippen LogP contribution in [0.15, 0.2) is 42.6 Å². The van der Waals surface area contributed by atoms with E-state index in [9.17, 15) is 23.2 Å². The molecule has 3 aromatic rings. The Morgan fingerprint density at radius 1 is 1.12 bits per heavy atom. The van der Waals surface area contributed by atoms with Crippen LogP contribution in [0.3, 0.4) is 0 Å². The fourth-order valence-corrected chi connectivity index (χ4v) is 5.36. The number of nitriles is 1. The average Bonchev–Trinajstić information content (AvgIpc) is 3.23. The van der Waals surface area contributed by atoms with Gasteiger partial charge in [0.25, 0.3) is 0 Å². The first kappa shape index (κ1) is 29.4. The number of aromatic nitrogens is 1. The van der Waals surface area contributed by atoms with Crippen molar-refractivity contribution in [2.75, 3.05) is 33.3 Å². The lowest BCUT2D eigenvalue weighted by Gasteiger charge is -2.33. The van der Waals surface area contributed by atoms with E-state index in [2.05, 4.69) is 11.0 Å². The molecule has 2 heterocycles. The van der Waals surface area contributed by atoms with Gasteiger partial charge in [-0.2, -0.15) is 18.4 Å². The van der Waals surface area contributed by atoms with Crippen molar-refractivity contribution in [2.24, 2.45) is 0 Å². The van der Waals surface area contributed by atoms with Crippen LogP contribution >= 0.6 is 0 Å². The monoisotopic (exact) mass is 556 g/mol. The van der Waals surface area contributed by atoms with E-state index < -0.39 is 24.4 Å². The zero-order chi connectivity index (χ0) is 29.2. The van der Waals surface area contributed by atoms with Gasteiger partial charge in [-0.1, -0.05) is 12.1 Å². The van der Waals surface area contributed by atoms with Crippen molar-refractivity contribution in [3.8, 4) is 11.8 Å². The second-order valence-electron chi connectivity index (χ2n) is 11.2. The molecule has 0 N–H and O–H groups in total. The van der Waals surface area contributed by atoms with Gasteiger partial charge in [-0.25, -0.2) is 4.79 Å². The summed E-state index contributed by atoms with van der Waals surface area (Å²) in [6, 6.07) is 12.5. The summed E-state index contributed by atoms with van der Waals surface area (Å²) in [6.07, 6.45) is -2.56. The van der Waals surface area contributed by atoms with E-state index in [0.29, 0.717) is 42.9 Å². The largest absolute Gasteiger partial charge is 0.496 e. The summed E-state index contributed by atoms with van der Waals surface area (Å²) < 4.78 is 53.0. The van der Waals surface area contributed by atoms with Crippen molar-refractivity contribution in [2.45, 2.75) is 58.5 Å². The van der Waals surface area contributed by atoms with E-state index in [-0.39, 0.29) is 12.6 Å². The van der Waals surface area contributed by atoms with Crippen LogP contribution in [0.4, 0.5) is 18.0 Å². The number of halogens is 3. The van der Waals surface area contributed by atoms with E-state index in [0.717, 1.165) is 22.1 Å². The minimum absolute atomic E-state index is 0.182. The zero-order valence-corrected chi connectivity index (χ0v) is 23.5. The molecule has 40 heavy (non-hydrogen) atoms. The lowest BCUT2D eigenvalue weighted by molar-refractivity contribution is -0.146. The molecule has 0 aliphatic carbocycles. The van der Waals surface area contributed by atoms with Crippen molar-refractivity contribution in [3.63, 3.8) is 0 Å². The van der Waals surface area contributed by atoms with Gasteiger partial charge in [-0.3, -0.25) is 14.4 Å². The smallest absolute Gasteiger partial charge is 0.419 e. The highest BCUT2D eigenvalue weighted by Crippen LogP contribution is 2.36. The SMILES string of the molecule is COc1cc(C)c2c(ccn2C(=O)OC(C)(C)C)c1CN1CCCN(CC(F)(F)F)CC1c1ccc(C#N)cc1. The van der Waals surface area contributed by atoms with Crippen molar-refractivity contribution in [1.29, 1.82) is 5.26 Å². The van der Waals surface area contributed by atoms with Gasteiger partial charge in [0.15, 0.2) is 0 Å². The zero-order valence-electron chi connectivity index (χ0n) is 23.5. The van der Waals surface area contributed by atoms with Crippen LogP contribution < -0.4 is 4.74 Å². The number of methoxy groups -OCH3 is 1. The summed E-state index contributed by atoms with van der Waals surface area (Å²) in [6.45, 7) is 7.79. The number of benzene rings is 2. The minimum Gasteiger partial charge on any atom is -0.496 e. The Balaban J connectivity index is 1.76. The number of nitrogens with zero attached hydrogens (tertiary/aromatic N) is 4. The molecule has 10 heteroatoms. The topological polar surface area (TPSA) is 70.7 Å². The molecule has 0 spiro atoms. The van der Waals surface area contributed by atoms with E-state index in [1.54, 1.807) is 25.4 Å². The Labute approximate surface area is 232 Å². The van der Waals surface area contributed by atoms with Gasteiger partial charge in [0, 0.05) is 42.8 Å². The van der Waals surface area contributed by atoms with Gasteiger partial charge >= 0.3 is 12.3 Å². The number of hydrogen-bond acceptors (Lipinski definition) is 6. The van der Waals surface area contributed by atoms with E-state index in [1.807, 2.05) is 52.0 Å². The Morgan fingerprint density at radius 3 is 2.42 bits per heavy atom. The number of carbonyl (C=O) groups is 1.